The Balaban J connectivity index is 2.50. The van der Waals surface area contributed by atoms with Gasteiger partial charge in [-0.3, -0.25) is 10.2 Å². The molecule has 4 N–H and O–H groups in total. The second-order valence-electron chi connectivity index (χ2n) is 2.43. The maximum absolute atomic E-state index is 10.8. The minimum Gasteiger partial charge on any atom is -0.376 e. The molecule has 0 aliphatic carbocycles. The highest BCUT2D eigenvalue weighted by atomic mass is 127. The lowest BCUT2D eigenvalue weighted by molar-refractivity contribution is -0.119. The molecule has 0 saturated carbocycles. The Labute approximate surface area is 90.0 Å². The van der Waals surface area contributed by atoms with Crippen molar-refractivity contribution in [3.05, 3.63) is 27.8 Å². The van der Waals surface area contributed by atoms with Crippen LogP contribution < -0.4 is 16.6 Å². The molecule has 70 valence electrons. The number of carbonyl (C=O) groups is 1. The molecule has 0 aliphatic rings. The van der Waals surface area contributed by atoms with Crippen LogP contribution in [0.15, 0.2) is 24.3 Å². The van der Waals surface area contributed by atoms with Crippen LogP contribution >= 0.6 is 22.6 Å². The van der Waals surface area contributed by atoms with Gasteiger partial charge in [0.05, 0.1) is 6.54 Å². The van der Waals surface area contributed by atoms with Gasteiger partial charge in [-0.25, -0.2) is 5.84 Å². The third-order valence-electron chi connectivity index (χ3n) is 1.44. The maximum Gasteiger partial charge on any atom is 0.253 e. The van der Waals surface area contributed by atoms with Crippen LogP contribution in [0.25, 0.3) is 0 Å². The molecule has 1 amide bonds. The smallest absolute Gasteiger partial charge is 0.253 e. The van der Waals surface area contributed by atoms with Crippen LogP contribution in [-0.4, -0.2) is 12.5 Å². The number of anilines is 1. The number of amides is 1. The van der Waals surface area contributed by atoms with Gasteiger partial charge in [-0.05, 0) is 40.8 Å². The molecule has 5 heteroatoms. The number of nitrogens with one attached hydrogen (secondary N) is 2. The van der Waals surface area contributed by atoms with E-state index in [2.05, 4.69) is 27.9 Å². The molecule has 0 aliphatic heterocycles. The summed E-state index contributed by atoms with van der Waals surface area (Å²) >= 11 is 2.21. The summed E-state index contributed by atoms with van der Waals surface area (Å²) in [5.74, 6) is 4.69. The third-order valence-corrected chi connectivity index (χ3v) is 2.11. The quantitative estimate of drug-likeness (QED) is 0.332. The van der Waals surface area contributed by atoms with E-state index in [0.29, 0.717) is 0 Å². The van der Waals surface area contributed by atoms with Gasteiger partial charge in [0.2, 0.25) is 0 Å². The molecular formula is C8H10IN3O. The van der Waals surface area contributed by atoms with Crippen molar-refractivity contribution in [2.45, 2.75) is 0 Å². The zero-order valence-corrected chi connectivity index (χ0v) is 9.04. The van der Waals surface area contributed by atoms with Gasteiger partial charge < -0.3 is 5.32 Å². The average Bonchev–Trinajstić information content (AvgIpc) is 2.14. The molecule has 0 aromatic heterocycles. The molecule has 4 nitrogen and oxygen atoms in total. The van der Waals surface area contributed by atoms with E-state index in [1.165, 1.54) is 0 Å². The van der Waals surface area contributed by atoms with Crippen molar-refractivity contribution in [3.63, 3.8) is 0 Å². The van der Waals surface area contributed by atoms with E-state index >= 15 is 0 Å². The lowest BCUT2D eigenvalue weighted by Gasteiger charge is -2.04. The summed E-state index contributed by atoms with van der Waals surface area (Å²) in [5.41, 5.74) is 2.96. The highest BCUT2D eigenvalue weighted by molar-refractivity contribution is 14.1. The minimum atomic E-state index is -0.237. The number of hydrogen-bond acceptors (Lipinski definition) is 3. The van der Waals surface area contributed by atoms with Gasteiger partial charge in [0, 0.05) is 9.26 Å². The Bertz CT molecular complexity index is 303. The van der Waals surface area contributed by atoms with Crippen molar-refractivity contribution in [3.8, 4) is 0 Å². The largest absolute Gasteiger partial charge is 0.376 e. The molecule has 0 atom stereocenters. The Morgan fingerprint density at radius 2 is 2.31 bits per heavy atom. The number of benzene rings is 1. The zero-order valence-electron chi connectivity index (χ0n) is 6.88. The first-order valence-corrected chi connectivity index (χ1v) is 4.79. The van der Waals surface area contributed by atoms with Crippen molar-refractivity contribution in [2.75, 3.05) is 11.9 Å². The van der Waals surface area contributed by atoms with E-state index in [-0.39, 0.29) is 12.5 Å². The van der Waals surface area contributed by atoms with Gasteiger partial charge in [-0.15, -0.1) is 0 Å². The van der Waals surface area contributed by atoms with Gasteiger partial charge in [-0.2, -0.15) is 0 Å². The first-order valence-electron chi connectivity index (χ1n) is 3.71. The third kappa shape index (κ3) is 3.60. The molecule has 1 aromatic carbocycles. The van der Waals surface area contributed by atoms with Crippen molar-refractivity contribution >= 4 is 34.2 Å². The van der Waals surface area contributed by atoms with Gasteiger partial charge in [-0.1, -0.05) is 6.07 Å². The molecule has 0 heterocycles. The summed E-state index contributed by atoms with van der Waals surface area (Å²) < 4.78 is 1.12. The number of halogens is 1. The zero-order chi connectivity index (χ0) is 9.68. The summed E-state index contributed by atoms with van der Waals surface area (Å²) in [5, 5.41) is 2.94. The molecular weight excluding hydrogens is 281 g/mol. The first kappa shape index (κ1) is 10.3. The van der Waals surface area contributed by atoms with Crippen LogP contribution in [0.2, 0.25) is 0 Å². The molecule has 0 bridgehead atoms. The number of hydrazine groups is 1. The van der Waals surface area contributed by atoms with E-state index in [1.807, 2.05) is 29.7 Å². The number of rotatable bonds is 3. The summed E-state index contributed by atoms with van der Waals surface area (Å²) in [4.78, 5) is 10.8. The SMILES string of the molecule is NNC(=O)CNc1cccc(I)c1. The topological polar surface area (TPSA) is 67.1 Å². The molecule has 13 heavy (non-hydrogen) atoms. The van der Waals surface area contributed by atoms with E-state index < -0.39 is 0 Å². The molecule has 1 rings (SSSR count). The van der Waals surface area contributed by atoms with Gasteiger partial charge in [0.25, 0.3) is 5.91 Å². The van der Waals surface area contributed by atoms with Gasteiger partial charge in [0.1, 0.15) is 0 Å². The first-order chi connectivity index (χ1) is 6.22. The van der Waals surface area contributed by atoms with Crippen LogP contribution in [0.5, 0.6) is 0 Å². The van der Waals surface area contributed by atoms with Crippen LogP contribution in [-0.2, 0) is 4.79 Å². The summed E-state index contributed by atoms with van der Waals surface area (Å²) in [6.45, 7) is 0.191. The fourth-order valence-corrected chi connectivity index (χ4v) is 1.37. The number of nitrogens with two attached hydrogens (primary N) is 1. The van der Waals surface area contributed by atoms with Crippen molar-refractivity contribution in [1.82, 2.24) is 5.43 Å². The highest BCUT2D eigenvalue weighted by Crippen LogP contribution is 2.11. The second kappa shape index (κ2) is 5.03. The highest BCUT2D eigenvalue weighted by Gasteiger charge is 1.97. The molecule has 0 saturated heterocycles. The molecule has 0 unspecified atom stereocenters. The van der Waals surface area contributed by atoms with Crippen molar-refractivity contribution in [1.29, 1.82) is 0 Å². The van der Waals surface area contributed by atoms with E-state index in [1.54, 1.807) is 0 Å². The Kier molecular flexibility index (Phi) is 3.97. The fraction of sp³-hybridized carbons (Fsp3) is 0.125. The van der Waals surface area contributed by atoms with E-state index in [9.17, 15) is 4.79 Å². The predicted octanol–water partition coefficient (Wildman–Crippen LogP) is 0.693. The summed E-state index contributed by atoms with van der Waals surface area (Å²) in [6.07, 6.45) is 0. The maximum atomic E-state index is 10.8. The number of carbonyl (C=O) groups excluding carboxylic acids is 1. The Morgan fingerprint density at radius 3 is 2.92 bits per heavy atom. The van der Waals surface area contributed by atoms with Crippen molar-refractivity contribution in [2.24, 2.45) is 5.84 Å². The normalized spacial score (nSPS) is 9.38. The van der Waals surface area contributed by atoms with Crippen LogP contribution in [0, 0.1) is 3.57 Å². The molecule has 0 spiro atoms. The van der Waals surface area contributed by atoms with E-state index in [0.717, 1.165) is 9.26 Å². The van der Waals surface area contributed by atoms with Crippen LogP contribution in [0.4, 0.5) is 5.69 Å². The van der Waals surface area contributed by atoms with Crippen LogP contribution in [0.1, 0.15) is 0 Å². The standard InChI is InChI=1S/C8H10IN3O/c9-6-2-1-3-7(4-6)11-5-8(13)12-10/h1-4,11H,5,10H2,(H,12,13). The van der Waals surface area contributed by atoms with Gasteiger partial charge >= 0.3 is 0 Å². The average molecular weight is 291 g/mol. The fourth-order valence-electron chi connectivity index (χ4n) is 0.832. The second-order valence-corrected chi connectivity index (χ2v) is 3.68. The molecule has 0 fully saturated rings. The lowest BCUT2D eigenvalue weighted by Crippen LogP contribution is -2.35. The lowest BCUT2D eigenvalue weighted by atomic mass is 10.3. The molecule has 1 aromatic rings. The Hall–Kier alpha value is -0.820. The Morgan fingerprint density at radius 1 is 1.54 bits per heavy atom. The summed E-state index contributed by atoms with van der Waals surface area (Å²) in [6, 6.07) is 7.75. The van der Waals surface area contributed by atoms with Crippen LogP contribution in [0.3, 0.4) is 0 Å². The summed E-state index contributed by atoms with van der Waals surface area (Å²) in [7, 11) is 0. The number of hydrogen-bond donors (Lipinski definition) is 3. The van der Waals surface area contributed by atoms with Gasteiger partial charge in [0.15, 0.2) is 0 Å². The predicted molar refractivity (Wildman–Crippen MR) is 60.0 cm³/mol. The minimum absolute atomic E-state index is 0.191. The molecule has 0 radical (unpaired) electrons. The van der Waals surface area contributed by atoms with E-state index in [4.69, 9.17) is 5.84 Å². The van der Waals surface area contributed by atoms with Crippen molar-refractivity contribution < 1.29 is 4.79 Å². The monoisotopic (exact) mass is 291 g/mol.